The summed E-state index contributed by atoms with van der Waals surface area (Å²) in [4.78, 5) is 0.920. The number of fused-ring (bicyclic) bond motifs is 1. The minimum Gasteiger partial charge on any atom is -0.508 e. The predicted octanol–water partition coefficient (Wildman–Crippen LogP) is 5.95. The molecule has 0 amide bonds. The second-order valence-electron chi connectivity index (χ2n) is 7.06. The van der Waals surface area contributed by atoms with Crippen LogP contribution in [0.15, 0.2) is 66.7 Å². The molecule has 0 spiro atoms. The van der Waals surface area contributed by atoms with Gasteiger partial charge in [-0.3, -0.25) is 0 Å². The van der Waals surface area contributed by atoms with E-state index in [0.717, 1.165) is 26.2 Å². The fourth-order valence-corrected chi connectivity index (χ4v) is 4.27. The molecule has 6 heteroatoms. The van der Waals surface area contributed by atoms with Gasteiger partial charge in [-0.25, -0.2) is 0 Å². The lowest BCUT2D eigenvalue weighted by Gasteiger charge is -2.12. The van der Waals surface area contributed by atoms with E-state index in [0.29, 0.717) is 24.5 Å². The highest BCUT2D eigenvalue weighted by Gasteiger charge is 2.17. The summed E-state index contributed by atoms with van der Waals surface area (Å²) in [5, 5.41) is 33.3. The van der Waals surface area contributed by atoms with E-state index >= 15 is 0 Å². The van der Waals surface area contributed by atoms with E-state index in [2.05, 4.69) is 5.32 Å². The minimum atomic E-state index is -0.373. The Labute approximate surface area is 178 Å². The molecular formula is C24H23NO4S. The average Bonchev–Trinajstić information content (AvgIpc) is 3.10. The zero-order valence-electron chi connectivity index (χ0n) is 16.5. The highest BCUT2D eigenvalue weighted by atomic mass is 32.1. The van der Waals surface area contributed by atoms with E-state index in [9.17, 15) is 15.3 Å². The largest absolute Gasteiger partial charge is 0.508 e. The van der Waals surface area contributed by atoms with Crippen LogP contribution in [-0.4, -0.2) is 28.0 Å². The van der Waals surface area contributed by atoms with E-state index in [-0.39, 0.29) is 17.6 Å². The third kappa shape index (κ3) is 4.35. The Hall–Kier alpha value is -3.22. The van der Waals surface area contributed by atoms with Gasteiger partial charge in [0.2, 0.25) is 0 Å². The lowest BCUT2D eigenvalue weighted by atomic mass is 10.1. The Morgan fingerprint density at radius 1 is 0.933 bits per heavy atom. The fraction of sp³-hybridized carbons (Fsp3) is 0.167. The van der Waals surface area contributed by atoms with Crippen LogP contribution in [0.2, 0.25) is 0 Å². The maximum Gasteiger partial charge on any atom is 0.153 e. The number of aromatic hydroxyl groups is 2. The SMILES string of the molecule is CC[C@@H](O)CNc1ccc(Oc2c(-c3ccc(O)cc3)sc3cc(O)ccc23)cc1. The van der Waals surface area contributed by atoms with Crippen molar-refractivity contribution >= 4 is 27.1 Å². The molecule has 5 nitrogen and oxygen atoms in total. The Kier molecular flexibility index (Phi) is 5.79. The molecular weight excluding hydrogens is 398 g/mol. The number of aliphatic hydroxyl groups excluding tert-OH is 1. The number of ether oxygens (including phenoxy) is 1. The second-order valence-corrected chi connectivity index (χ2v) is 8.11. The van der Waals surface area contributed by atoms with Crippen molar-refractivity contribution in [3.8, 4) is 33.4 Å². The zero-order valence-corrected chi connectivity index (χ0v) is 17.3. The van der Waals surface area contributed by atoms with Crippen LogP contribution in [0.5, 0.6) is 23.0 Å². The molecule has 3 aromatic carbocycles. The molecule has 0 bridgehead atoms. The van der Waals surface area contributed by atoms with Crippen molar-refractivity contribution in [3.05, 3.63) is 66.7 Å². The van der Waals surface area contributed by atoms with Gasteiger partial charge in [-0.15, -0.1) is 11.3 Å². The van der Waals surface area contributed by atoms with Crippen molar-refractivity contribution < 1.29 is 20.1 Å². The van der Waals surface area contributed by atoms with Gasteiger partial charge in [0.1, 0.15) is 17.2 Å². The van der Waals surface area contributed by atoms with Crippen LogP contribution in [0.3, 0.4) is 0 Å². The second kappa shape index (κ2) is 8.65. The van der Waals surface area contributed by atoms with Gasteiger partial charge in [-0.2, -0.15) is 0 Å². The van der Waals surface area contributed by atoms with E-state index in [1.807, 2.05) is 49.4 Å². The molecule has 0 aliphatic heterocycles. The van der Waals surface area contributed by atoms with Gasteiger partial charge in [-0.1, -0.05) is 6.92 Å². The summed E-state index contributed by atoms with van der Waals surface area (Å²) in [6, 6.07) is 19.8. The smallest absolute Gasteiger partial charge is 0.153 e. The number of hydrogen-bond acceptors (Lipinski definition) is 6. The Morgan fingerprint density at radius 2 is 1.63 bits per heavy atom. The van der Waals surface area contributed by atoms with Crippen molar-refractivity contribution in [1.29, 1.82) is 0 Å². The molecule has 0 saturated carbocycles. The standard InChI is InChI=1S/C24H23NO4S/c1-2-17(26)14-25-16-5-10-20(11-6-16)29-23-21-12-9-19(28)13-22(21)30-24(23)15-3-7-18(27)8-4-15/h3-13,17,25-28H,2,14H2,1H3/t17-/m1/s1. The number of hydrogen-bond donors (Lipinski definition) is 4. The molecule has 4 aromatic rings. The zero-order chi connectivity index (χ0) is 21.1. The predicted molar refractivity (Wildman–Crippen MR) is 122 cm³/mol. The summed E-state index contributed by atoms with van der Waals surface area (Å²) < 4.78 is 7.19. The molecule has 1 heterocycles. The van der Waals surface area contributed by atoms with Crippen LogP contribution in [0.25, 0.3) is 20.5 Å². The molecule has 0 saturated heterocycles. The van der Waals surface area contributed by atoms with Crippen molar-refractivity contribution in [3.63, 3.8) is 0 Å². The van der Waals surface area contributed by atoms with Crippen LogP contribution in [0, 0.1) is 0 Å². The van der Waals surface area contributed by atoms with Crippen LogP contribution >= 0.6 is 11.3 Å². The number of benzene rings is 3. The average molecular weight is 422 g/mol. The summed E-state index contributed by atoms with van der Waals surface area (Å²) in [5.74, 6) is 1.81. The number of nitrogens with one attached hydrogen (secondary N) is 1. The maximum absolute atomic E-state index is 9.87. The third-order valence-corrected chi connectivity index (χ3v) is 6.03. The van der Waals surface area contributed by atoms with Crippen molar-refractivity contribution in [2.45, 2.75) is 19.4 Å². The van der Waals surface area contributed by atoms with Gasteiger partial charge >= 0.3 is 0 Å². The van der Waals surface area contributed by atoms with Crippen LogP contribution < -0.4 is 10.1 Å². The number of thiophene rings is 1. The highest BCUT2D eigenvalue weighted by Crippen LogP contribution is 2.47. The van der Waals surface area contributed by atoms with Crippen LogP contribution in [-0.2, 0) is 0 Å². The normalized spacial score (nSPS) is 12.1. The van der Waals surface area contributed by atoms with Gasteiger partial charge in [0, 0.05) is 22.3 Å². The Morgan fingerprint density at radius 3 is 2.33 bits per heavy atom. The third-order valence-electron chi connectivity index (χ3n) is 4.84. The van der Waals surface area contributed by atoms with Crippen molar-refractivity contribution in [1.82, 2.24) is 0 Å². The number of phenolic OH excluding ortho intramolecular Hbond substituents is 2. The first kappa shape index (κ1) is 20.1. The topological polar surface area (TPSA) is 82.0 Å². The first-order valence-corrected chi connectivity index (χ1v) is 10.6. The maximum atomic E-state index is 9.87. The molecule has 0 aliphatic carbocycles. The summed E-state index contributed by atoms with van der Waals surface area (Å²) >= 11 is 1.53. The molecule has 4 N–H and O–H groups in total. The van der Waals surface area contributed by atoms with E-state index in [1.165, 1.54) is 11.3 Å². The highest BCUT2D eigenvalue weighted by molar-refractivity contribution is 7.22. The Balaban J connectivity index is 1.66. The molecule has 0 unspecified atom stereocenters. The van der Waals surface area contributed by atoms with E-state index < -0.39 is 0 Å². The van der Waals surface area contributed by atoms with Gasteiger partial charge in [-0.05, 0) is 78.7 Å². The number of rotatable bonds is 7. The lowest BCUT2D eigenvalue weighted by Crippen LogP contribution is -2.17. The first-order valence-electron chi connectivity index (χ1n) is 9.78. The van der Waals surface area contributed by atoms with Crippen LogP contribution in [0.1, 0.15) is 13.3 Å². The molecule has 4 rings (SSSR count). The molecule has 30 heavy (non-hydrogen) atoms. The fourth-order valence-electron chi connectivity index (χ4n) is 3.10. The van der Waals surface area contributed by atoms with Gasteiger partial charge in [0.25, 0.3) is 0 Å². The summed E-state index contributed by atoms with van der Waals surface area (Å²) in [5.41, 5.74) is 1.84. The van der Waals surface area contributed by atoms with E-state index in [1.54, 1.807) is 24.3 Å². The first-order chi connectivity index (χ1) is 14.5. The van der Waals surface area contributed by atoms with Crippen molar-refractivity contribution in [2.75, 3.05) is 11.9 Å². The Bertz CT molecular complexity index is 1140. The van der Waals surface area contributed by atoms with Gasteiger partial charge < -0.3 is 25.4 Å². The molecule has 0 fully saturated rings. The molecule has 154 valence electrons. The molecule has 0 radical (unpaired) electrons. The van der Waals surface area contributed by atoms with Gasteiger partial charge in [0.15, 0.2) is 5.75 Å². The molecule has 1 atom stereocenters. The number of aliphatic hydroxyl groups is 1. The molecule has 0 aliphatic rings. The van der Waals surface area contributed by atoms with E-state index in [4.69, 9.17) is 4.74 Å². The van der Waals surface area contributed by atoms with Gasteiger partial charge in [0.05, 0.1) is 11.0 Å². The number of phenols is 2. The minimum absolute atomic E-state index is 0.205. The summed E-state index contributed by atoms with van der Waals surface area (Å²) in [6.07, 6.45) is 0.331. The van der Waals surface area contributed by atoms with Crippen molar-refractivity contribution in [2.24, 2.45) is 0 Å². The molecule has 1 aromatic heterocycles. The summed E-state index contributed by atoms with van der Waals surface area (Å²) in [7, 11) is 0. The van der Waals surface area contributed by atoms with Crippen LogP contribution in [0.4, 0.5) is 5.69 Å². The number of anilines is 1. The quantitative estimate of drug-likeness (QED) is 0.296. The summed E-state index contributed by atoms with van der Waals surface area (Å²) in [6.45, 7) is 2.44. The lowest BCUT2D eigenvalue weighted by molar-refractivity contribution is 0.183. The monoisotopic (exact) mass is 421 g/mol.